The minimum absolute atomic E-state index is 0.353. The molecule has 0 atom stereocenters. The van der Waals surface area contributed by atoms with Gasteiger partial charge in [-0.3, -0.25) is 0 Å². The van der Waals surface area contributed by atoms with Gasteiger partial charge in [-0.2, -0.15) is 0 Å². The maximum Gasteiger partial charge on any atom is 0.138 e. The van der Waals surface area contributed by atoms with Crippen LogP contribution in [-0.4, -0.2) is 31.3 Å². The number of benzene rings is 2. The lowest BCUT2D eigenvalue weighted by Crippen LogP contribution is -3.13. The molecule has 2 N–H and O–H groups in total. The Balaban J connectivity index is 1.61. The van der Waals surface area contributed by atoms with E-state index in [4.69, 9.17) is 23.2 Å². The average Bonchev–Trinajstić information content (AvgIpc) is 2.51. The molecule has 0 bridgehead atoms. The second-order valence-corrected chi connectivity index (χ2v) is 6.48. The van der Waals surface area contributed by atoms with Gasteiger partial charge in [0, 0.05) is 10.6 Å². The smallest absolute Gasteiger partial charge is 0.138 e. The van der Waals surface area contributed by atoms with Crippen LogP contribution in [0.3, 0.4) is 0 Å². The third-order valence-corrected chi connectivity index (χ3v) is 4.74. The van der Waals surface area contributed by atoms with Crippen molar-refractivity contribution in [3.63, 3.8) is 0 Å². The number of hydrogen-bond donors (Lipinski definition) is 2. The standard InChI is InChI=1S/C17H18Cl2N2O/c18-14-6-5-13(15(19)11-14)12-20-7-9-21(10-8-20)16-3-1-2-4-17(16)22/h1-6,11,22H,7-10,12H2/p+1. The van der Waals surface area contributed by atoms with Crippen LogP contribution in [0, 0.1) is 0 Å². The molecule has 0 unspecified atom stereocenters. The van der Waals surface area contributed by atoms with Gasteiger partial charge >= 0.3 is 0 Å². The van der Waals surface area contributed by atoms with Crippen LogP contribution in [0.25, 0.3) is 0 Å². The van der Waals surface area contributed by atoms with Gasteiger partial charge < -0.3 is 14.9 Å². The fourth-order valence-corrected chi connectivity index (χ4v) is 3.38. The van der Waals surface area contributed by atoms with E-state index in [1.54, 1.807) is 12.1 Å². The van der Waals surface area contributed by atoms with Gasteiger partial charge in [-0.1, -0.05) is 41.4 Å². The first-order chi connectivity index (χ1) is 10.6. The average molecular weight is 338 g/mol. The Morgan fingerprint density at radius 2 is 1.77 bits per heavy atom. The van der Waals surface area contributed by atoms with E-state index < -0.39 is 0 Å². The third kappa shape index (κ3) is 3.49. The summed E-state index contributed by atoms with van der Waals surface area (Å²) in [7, 11) is 0. The number of nitrogens with one attached hydrogen (secondary N) is 1. The number of quaternary nitrogens is 1. The first-order valence-electron chi connectivity index (χ1n) is 7.44. The highest BCUT2D eigenvalue weighted by Crippen LogP contribution is 2.26. The van der Waals surface area contributed by atoms with Gasteiger partial charge in [0.2, 0.25) is 0 Å². The second-order valence-electron chi connectivity index (χ2n) is 5.64. The molecule has 2 aromatic carbocycles. The normalized spacial score (nSPS) is 16.0. The van der Waals surface area contributed by atoms with Gasteiger partial charge in [0.25, 0.3) is 0 Å². The predicted octanol–water partition coefficient (Wildman–Crippen LogP) is 2.60. The van der Waals surface area contributed by atoms with E-state index in [9.17, 15) is 5.11 Å². The van der Waals surface area contributed by atoms with Crippen molar-refractivity contribution in [3.8, 4) is 5.75 Å². The molecule has 0 spiro atoms. The number of hydrogen-bond acceptors (Lipinski definition) is 2. The van der Waals surface area contributed by atoms with Crippen molar-refractivity contribution in [1.82, 2.24) is 0 Å². The lowest BCUT2D eigenvalue weighted by Gasteiger charge is -2.34. The Hall–Kier alpha value is -1.42. The number of halogens is 2. The van der Waals surface area contributed by atoms with E-state index in [1.165, 1.54) is 4.90 Å². The van der Waals surface area contributed by atoms with Crippen LogP contribution in [-0.2, 0) is 6.54 Å². The molecule has 0 aliphatic carbocycles. The lowest BCUT2D eigenvalue weighted by molar-refractivity contribution is -0.914. The summed E-state index contributed by atoms with van der Waals surface area (Å²) in [5.41, 5.74) is 2.06. The Bertz CT molecular complexity index is 655. The van der Waals surface area contributed by atoms with Crippen LogP contribution in [0.4, 0.5) is 5.69 Å². The number of nitrogens with zero attached hydrogens (tertiary/aromatic N) is 1. The Morgan fingerprint density at radius 3 is 2.45 bits per heavy atom. The first kappa shape index (κ1) is 15.5. The van der Waals surface area contributed by atoms with Crippen LogP contribution >= 0.6 is 23.2 Å². The van der Waals surface area contributed by atoms with Gasteiger partial charge in [-0.15, -0.1) is 0 Å². The van der Waals surface area contributed by atoms with E-state index >= 15 is 0 Å². The van der Waals surface area contributed by atoms with Gasteiger partial charge in [0.05, 0.1) is 36.9 Å². The van der Waals surface area contributed by atoms with E-state index in [2.05, 4.69) is 4.90 Å². The molecule has 1 saturated heterocycles. The number of piperazine rings is 1. The Labute approximate surface area is 140 Å². The summed E-state index contributed by atoms with van der Waals surface area (Å²) in [6.45, 7) is 4.81. The summed E-state index contributed by atoms with van der Waals surface area (Å²) in [4.78, 5) is 3.73. The molecule has 3 rings (SSSR count). The molecule has 22 heavy (non-hydrogen) atoms. The first-order valence-corrected chi connectivity index (χ1v) is 8.19. The highest BCUT2D eigenvalue weighted by molar-refractivity contribution is 6.35. The molecule has 0 aromatic heterocycles. The lowest BCUT2D eigenvalue weighted by atomic mass is 10.2. The molecule has 1 heterocycles. The zero-order valence-electron chi connectivity index (χ0n) is 12.2. The van der Waals surface area contributed by atoms with Crippen molar-refractivity contribution in [2.75, 3.05) is 31.1 Å². The molecular weight excluding hydrogens is 319 g/mol. The minimum atomic E-state index is 0.353. The van der Waals surface area contributed by atoms with Crippen LogP contribution < -0.4 is 9.80 Å². The van der Waals surface area contributed by atoms with Gasteiger partial charge in [0.15, 0.2) is 0 Å². The summed E-state index contributed by atoms with van der Waals surface area (Å²) in [6, 6.07) is 13.2. The maximum absolute atomic E-state index is 9.95. The molecule has 2 aromatic rings. The van der Waals surface area contributed by atoms with Crippen molar-refractivity contribution < 1.29 is 10.0 Å². The predicted molar refractivity (Wildman–Crippen MR) is 91.2 cm³/mol. The molecule has 0 amide bonds. The maximum atomic E-state index is 9.95. The van der Waals surface area contributed by atoms with Crippen molar-refractivity contribution in [2.24, 2.45) is 0 Å². The van der Waals surface area contributed by atoms with Crippen LogP contribution in [0.1, 0.15) is 5.56 Å². The van der Waals surface area contributed by atoms with Crippen molar-refractivity contribution in [2.45, 2.75) is 6.54 Å². The fourth-order valence-electron chi connectivity index (χ4n) is 2.91. The number of anilines is 1. The molecule has 5 heteroatoms. The van der Waals surface area contributed by atoms with Crippen LogP contribution in [0.15, 0.2) is 42.5 Å². The Morgan fingerprint density at radius 1 is 1.05 bits per heavy atom. The number of phenols is 1. The zero-order chi connectivity index (χ0) is 15.5. The topological polar surface area (TPSA) is 27.9 Å². The summed E-state index contributed by atoms with van der Waals surface area (Å²) < 4.78 is 0. The number of aromatic hydroxyl groups is 1. The monoisotopic (exact) mass is 337 g/mol. The number of phenolic OH excluding ortho intramolecular Hbond substituents is 1. The molecule has 1 fully saturated rings. The molecule has 0 saturated carbocycles. The molecule has 0 radical (unpaired) electrons. The second kappa shape index (κ2) is 6.78. The minimum Gasteiger partial charge on any atom is -0.506 e. The largest absolute Gasteiger partial charge is 0.506 e. The van der Waals surface area contributed by atoms with Gasteiger partial charge in [-0.05, 0) is 24.3 Å². The molecule has 1 aliphatic heterocycles. The summed E-state index contributed by atoms with van der Waals surface area (Å²) in [5, 5.41) is 11.4. The molecular formula is C17H19Cl2N2O+. The van der Waals surface area contributed by atoms with E-state index in [-0.39, 0.29) is 0 Å². The zero-order valence-corrected chi connectivity index (χ0v) is 13.7. The summed E-state index contributed by atoms with van der Waals surface area (Å²) >= 11 is 12.2. The summed E-state index contributed by atoms with van der Waals surface area (Å²) in [5.74, 6) is 0.353. The molecule has 116 valence electrons. The number of rotatable bonds is 3. The summed E-state index contributed by atoms with van der Waals surface area (Å²) in [6.07, 6.45) is 0. The fraction of sp³-hybridized carbons (Fsp3) is 0.294. The highest BCUT2D eigenvalue weighted by atomic mass is 35.5. The van der Waals surface area contributed by atoms with Crippen molar-refractivity contribution in [3.05, 3.63) is 58.1 Å². The van der Waals surface area contributed by atoms with E-state index in [0.29, 0.717) is 10.8 Å². The highest BCUT2D eigenvalue weighted by Gasteiger charge is 2.22. The van der Waals surface area contributed by atoms with Gasteiger partial charge in [0.1, 0.15) is 12.3 Å². The third-order valence-electron chi connectivity index (χ3n) is 4.15. The van der Waals surface area contributed by atoms with E-state index in [1.807, 2.05) is 30.3 Å². The van der Waals surface area contributed by atoms with Crippen LogP contribution in [0.2, 0.25) is 10.0 Å². The molecule has 3 nitrogen and oxygen atoms in total. The van der Waals surface area contributed by atoms with E-state index in [0.717, 1.165) is 49.0 Å². The van der Waals surface area contributed by atoms with Crippen LogP contribution in [0.5, 0.6) is 5.75 Å². The van der Waals surface area contributed by atoms with Gasteiger partial charge in [-0.25, -0.2) is 0 Å². The Kier molecular flexibility index (Phi) is 4.77. The molecule has 1 aliphatic rings. The quantitative estimate of drug-likeness (QED) is 0.901. The van der Waals surface area contributed by atoms with Crippen molar-refractivity contribution >= 4 is 28.9 Å². The number of para-hydroxylation sites is 2. The van der Waals surface area contributed by atoms with Crippen molar-refractivity contribution in [1.29, 1.82) is 0 Å². The SMILES string of the molecule is Oc1ccccc1N1CC[NH+](Cc2ccc(Cl)cc2Cl)CC1.